The Morgan fingerprint density at radius 1 is 0.868 bits per heavy atom. The number of benzene rings is 3. The van der Waals surface area contributed by atoms with Gasteiger partial charge in [-0.15, -0.1) is 0 Å². The Balaban J connectivity index is 1.51. The van der Waals surface area contributed by atoms with Gasteiger partial charge in [0.05, 0.1) is 44.2 Å². The normalized spacial score (nSPS) is 14.3. The molecule has 3 atom stereocenters. The number of ether oxygens (including phenoxy) is 5. The Morgan fingerprint density at radius 3 is 2.19 bits per heavy atom. The van der Waals surface area contributed by atoms with E-state index in [2.05, 4.69) is 67.8 Å². The number of nitrogens with one attached hydrogen (secondary N) is 4. The van der Waals surface area contributed by atoms with Crippen molar-refractivity contribution in [3.63, 3.8) is 0 Å². The molecule has 0 fully saturated rings. The van der Waals surface area contributed by atoms with Crippen LogP contribution >= 0.6 is 0 Å². The Hall–Kier alpha value is -6.40. The summed E-state index contributed by atoms with van der Waals surface area (Å²) in [5.41, 5.74) is 3.40. The molecule has 1 aliphatic rings. The number of nitrogens with zero attached hydrogens (tertiary/aromatic N) is 1. The number of carbonyl (C=O) groups is 6. The van der Waals surface area contributed by atoms with Crippen LogP contribution in [0.25, 0.3) is 0 Å². The molecule has 5 amide bonds. The lowest BCUT2D eigenvalue weighted by atomic mass is 9.93. The molecule has 0 bridgehead atoms. The maximum Gasteiger partial charge on any atom is 0.411 e. The lowest BCUT2D eigenvalue weighted by Crippen LogP contribution is -2.53. The van der Waals surface area contributed by atoms with Crippen LogP contribution in [0.5, 0.6) is 11.5 Å². The molecule has 0 aromatic heterocycles. The Morgan fingerprint density at radius 2 is 1.56 bits per heavy atom. The van der Waals surface area contributed by atoms with Gasteiger partial charge < -0.3 is 49.0 Å². The SMILES string of the molecule is C=CCOC(=O)N[C@H](C(=O)N[C@@H](C)C(=O)Nc1ccc(COC(=O)Nc2cc(OCCCC(=O)OCC)c(OC)cc2C(=O)N2Cc3ccccc3C[C@H]2CO[Si](C)(C)C(C)(C)C)cc1)C(C)C. The van der Waals surface area contributed by atoms with Crippen molar-refractivity contribution >= 4 is 55.6 Å². The van der Waals surface area contributed by atoms with Crippen molar-refractivity contribution in [2.75, 3.05) is 44.2 Å². The average molecular weight is 960 g/mol. The number of anilines is 2. The van der Waals surface area contributed by atoms with Crippen LogP contribution < -0.4 is 30.7 Å². The van der Waals surface area contributed by atoms with E-state index < -0.39 is 44.4 Å². The van der Waals surface area contributed by atoms with E-state index >= 15 is 0 Å². The van der Waals surface area contributed by atoms with Gasteiger partial charge in [-0.3, -0.25) is 24.5 Å². The molecule has 4 rings (SSSR count). The third kappa shape index (κ3) is 15.6. The summed E-state index contributed by atoms with van der Waals surface area (Å²) in [6.07, 6.45) is 0.823. The first-order valence-electron chi connectivity index (χ1n) is 22.9. The second kappa shape index (κ2) is 25.1. The topological polar surface area (TPSA) is 209 Å². The summed E-state index contributed by atoms with van der Waals surface area (Å²) in [6, 6.07) is 15.4. The highest BCUT2D eigenvalue weighted by Gasteiger charge is 2.40. The first-order valence-corrected chi connectivity index (χ1v) is 25.8. The molecule has 370 valence electrons. The average Bonchev–Trinajstić information content (AvgIpc) is 3.29. The zero-order valence-electron chi connectivity index (χ0n) is 41.1. The molecular formula is C50H69N5O12Si. The molecular weight excluding hydrogens is 891 g/mol. The maximum atomic E-state index is 14.9. The highest BCUT2D eigenvalue weighted by Crippen LogP contribution is 2.39. The van der Waals surface area contributed by atoms with Crippen molar-refractivity contribution < 1.29 is 56.9 Å². The lowest BCUT2D eigenvalue weighted by Gasteiger charge is -2.41. The van der Waals surface area contributed by atoms with Crippen molar-refractivity contribution in [1.29, 1.82) is 0 Å². The summed E-state index contributed by atoms with van der Waals surface area (Å²) in [6.45, 7) is 21.9. The summed E-state index contributed by atoms with van der Waals surface area (Å²) < 4.78 is 34.0. The molecule has 17 nitrogen and oxygen atoms in total. The minimum absolute atomic E-state index is 0.0218. The monoisotopic (exact) mass is 959 g/mol. The van der Waals surface area contributed by atoms with Gasteiger partial charge in [0.25, 0.3) is 5.91 Å². The second-order valence-corrected chi connectivity index (χ2v) is 23.1. The summed E-state index contributed by atoms with van der Waals surface area (Å²) in [7, 11) is -0.752. The van der Waals surface area contributed by atoms with Crippen LogP contribution in [0.3, 0.4) is 0 Å². The standard InChI is InChI=1S/C50H69N5O12Si/c1-12-24-65-49(61)54-44(32(3)4)46(58)51-33(5)45(57)52-37-22-20-34(21-23-37)30-66-48(60)53-40-28-42(64-25-16-19-43(56)63-13-2)41(62-9)27-39(40)47(59)55-29-36-18-15-14-17-35(36)26-38(55)31-67-68(10,11)50(6,7)8/h12,14-15,17-18,20-23,27-28,32-33,38,44H,1,13,16,19,24-26,29-31H2,2-11H3,(H,51,58)(H,52,57)(H,53,60)(H,54,61)/t33-,38-,44-/m0/s1. The first-order chi connectivity index (χ1) is 32.2. The van der Waals surface area contributed by atoms with E-state index in [0.29, 0.717) is 37.2 Å². The molecule has 1 aliphatic heterocycles. The van der Waals surface area contributed by atoms with Crippen molar-refractivity contribution in [2.24, 2.45) is 5.92 Å². The summed E-state index contributed by atoms with van der Waals surface area (Å²) >= 11 is 0. The molecule has 0 aliphatic carbocycles. The van der Waals surface area contributed by atoms with E-state index in [0.717, 1.165) is 11.1 Å². The van der Waals surface area contributed by atoms with E-state index in [1.165, 1.54) is 32.2 Å². The lowest BCUT2D eigenvalue weighted by molar-refractivity contribution is -0.143. The van der Waals surface area contributed by atoms with Gasteiger partial charge in [-0.2, -0.15) is 0 Å². The predicted molar refractivity (Wildman–Crippen MR) is 261 cm³/mol. The number of alkyl carbamates (subject to hydrolysis) is 1. The number of fused-ring (bicyclic) bond motifs is 1. The molecule has 68 heavy (non-hydrogen) atoms. The molecule has 4 N–H and O–H groups in total. The fraction of sp³-hybridized carbons (Fsp3) is 0.480. The van der Waals surface area contributed by atoms with Crippen molar-refractivity contribution in [1.82, 2.24) is 15.5 Å². The summed E-state index contributed by atoms with van der Waals surface area (Å²) in [5.74, 6) is -1.59. The van der Waals surface area contributed by atoms with Gasteiger partial charge in [0.1, 0.15) is 25.3 Å². The van der Waals surface area contributed by atoms with E-state index in [4.69, 9.17) is 28.1 Å². The Kier molecular flexibility index (Phi) is 20.0. The van der Waals surface area contributed by atoms with Crippen molar-refractivity contribution in [3.8, 4) is 11.5 Å². The minimum atomic E-state index is -2.20. The molecule has 1 heterocycles. The maximum absolute atomic E-state index is 14.9. The van der Waals surface area contributed by atoms with Crippen molar-refractivity contribution in [2.45, 2.75) is 117 Å². The number of methoxy groups -OCH3 is 1. The Labute approximate surface area is 401 Å². The largest absolute Gasteiger partial charge is 0.493 e. The molecule has 0 spiro atoms. The molecule has 0 radical (unpaired) electrons. The number of amides is 5. The van der Waals surface area contributed by atoms with Gasteiger partial charge in [0, 0.05) is 24.7 Å². The van der Waals surface area contributed by atoms with Crippen LogP contribution in [-0.2, 0) is 52.6 Å². The number of hydrogen-bond donors (Lipinski definition) is 4. The quantitative estimate of drug-likeness (QED) is 0.0247. The van der Waals surface area contributed by atoms with Crippen LogP contribution in [0.15, 0.2) is 73.3 Å². The second-order valence-electron chi connectivity index (χ2n) is 18.3. The van der Waals surface area contributed by atoms with Crippen LogP contribution in [0.1, 0.15) is 88.4 Å². The Bertz CT molecular complexity index is 2240. The molecule has 0 unspecified atom stereocenters. The van der Waals surface area contributed by atoms with Gasteiger partial charge in [0.15, 0.2) is 19.8 Å². The van der Waals surface area contributed by atoms with Crippen LogP contribution in [0.4, 0.5) is 21.0 Å². The number of esters is 1. The van der Waals surface area contributed by atoms with Crippen LogP contribution in [0.2, 0.25) is 18.1 Å². The zero-order chi connectivity index (χ0) is 50.2. The van der Waals surface area contributed by atoms with E-state index in [-0.39, 0.29) is 84.5 Å². The fourth-order valence-corrected chi connectivity index (χ4v) is 7.87. The van der Waals surface area contributed by atoms with Gasteiger partial charge >= 0.3 is 18.2 Å². The molecule has 3 aromatic rings. The number of hydrogen-bond acceptors (Lipinski definition) is 12. The molecule has 18 heteroatoms. The molecule has 3 aromatic carbocycles. The molecule has 0 saturated heterocycles. The zero-order valence-corrected chi connectivity index (χ0v) is 42.1. The van der Waals surface area contributed by atoms with Gasteiger partial charge in [-0.05, 0) is 85.6 Å². The third-order valence-corrected chi connectivity index (χ3v) is 16.3. The number of rotatable bonds is 22. The summed E-state index contributed by atoms with van der Waals surface area (Å²) in [4.78, 5) is 80.3. The summed E-state index contributed by atoms with van der Waals surface area (Å²) in [5, 5.41) is 10.6. The molecule has 0 saturated carbocycles. The van der Waals surface area contributed by atoms with Gasteiger partial charge in [0.2, 0.25) is 11.8 Å². The van der Waals surface area contributed by atoms with E-state index in [1.54, 1.807) is 49.9 Å². The fourth-order valence-electron chi connectivity index (χ4n) is 6.83. The highest BCUT2D eigenvalue weighted by atomic mass is 28.4. The minimum Gasteiger partial charge on any atom is -0.493 e. The highest BCUT2D eigenvalue weighted by molar-refractivity contribution is 6.74. The van der Waals surface area contributed by atoms with Gasteiger partial charge in [-0.1, -0.05) is 83.7 Å². The van der Waals surface area contributed by atoms with Gasteiger partial charge in [-0.25, -0.2) is 9.59 Å². The third-order valence-electron chi connectivity index (χ3n) is 11.8. The van der Waals surface area contributed by atoms with Crippen molar-refractivity contribution in [3.05, 3.63) is 95.6 Å². The first kappa shape index (κ1) is 54.2. The number of carbonyl (C=O) groups excluding carboxylic acids is 6. The smallest absolute Gasteiger partial charge is 0.411 e. The van der Waals surface area contributed by atoms with E-state index in [9.17, 15) is 28.8 Å². The van der Waals surface area contributed by atoms with Crippen LogP contribution in [-0.4, -0.2) is 101 Å². The van der Waals surface area contributed by atoms with Crippen LogP contribution in [0, 0.1) is 5.92 Å². The van der Waals surface area contributed by atoms with E-state index in [1.807, 2.05) is 18.2 Å². The predicted octanol–water partition coefficient (Wildman–Crippen LogP) is 8.13.